The molecule has 1 saturated heterocycles. The first-order chi connectivity index (χ1) is 12.0. The third kappa shape index (κ3) is 4.11. The number of carbonyl (C=O) groups is 1. The molecule has 0 saturated carbocycles. The van der Waals surface area contributed by atoms with E-state index in [1.165, 1.54) is 49.2 Å². The number of hydrogen-bond donors (Lipinski definition) is 1. The first-order valence-corrected chi connectivity index (χ1v) is 8.43. The molecule has 1 aromatic carbocycles. The number of nitrogens with zero attached hydrogens (tertiary/aromatic N) is 3. The van der Waals surface area contributed by atoms with Crippen molar-refractivity contribution in [1.29, 1.82) is 0 Å². The normalized spacial score (nSPS) is 15.9. The van der Waals surface area contributed by atoms with Gasteiger partial charge in [-0.15, -0.1) is 0 Å². The third-order valence-electron chi connectivity index (χ3n) is 4.43. The molecule has 2 heterocycles. The zero-order chi connectivity index (χ0) is 17.8. The second kappa shape index (κ2) is 7.57. The molecule has 0 bridgehead atoms. The van der Waals surface area contributed by atoms with Crippen LogP contribution in [-0.2, 0) is 0 Å². The van der Waals surface area contributed by atoms with Crippen molar-refractivity contribution in [2.45, 2.75) is 25.8 Å². The lowest BCUT2D eigenvalue weighted by atomic mass is 10.2. The molecule has 6 nitrogen and oxygen atoms in total. The summed E-state index contributed by atoms with van der Waals surface area (Å²) in [7, 11) is 0. The number of amides is 1. The highest BCUT2D eigenvalue weighted by Crippen LogP contribution is 2.11. The van der Waals surface area contributed by atoms with Gasteiger partial charge in [0.15, 0.2) is 0 Å². The number of halogens is 1. The molecule has 0 spiro atoms. The van der Waals surface area contributed by atoms with Gasteiger partial charge in [0, 0.05) is 18.7 Å². The topological polar surface area (TPSA) is 67.2 Å². The van der Waals surface area contributed by atoms with Gasteiger partial charge in [0.25, 0.3) is 11.5 Å². The van der Waals surface area contributed by atoms with Crippen molar-refractivity contribution in [2.24, 2.45) is 0 Å². The van der Waals surface area contributed by atoms with E-state index in [2.05, 4.69) is 22.2 Å². The van der Waals surface area contributed by atoms with E-state index in [4.69, 9.17) is 0 Å². The van der Waals surface area contributed by atoms with E-state index in [1.807, 2.05) is 0 Å². The minimum absolute atomic E-state index is 0.151. The molecular weight excluding hydrogens is 323 g/mol. The molecule has 1 aliphatic rings. The highest BCUT2D eigenvalue weighted by Gasteiger charge is 2.19. The molecule has 1 N–H and O–H groups in total. The monoisotopic (exact) mass is 344 g/mol. The Hall–Kier alpha value is -2.54. The van der Waals surface area contributed by atoms with Crippen molar-refractivity contribution in [3.63, 3.8) is 0 Å². The maximum Gasteiger partial charge on any atom is 0.271 e. The van der Waals surface area contributed by atoms with Crippen LogP contribution in [0.25, 0.3) is 5.69 Å². The lowest BCUT2D eigenvalue weighted by Crippen LogP contribution is -2.41. The Morgan fingerprint density at radius 2 is 1.88 bits per heavy atom. The van der Waals surface area contributed by atoms with Crippen LogP contribution in [-0.4, -0.2) is 46.3 Å². The summed E-state index contributed by atoms with van der Waals surface area (Å²) in [6, 6.07) is 8.33. The van der Waals surface area contributed by atoms with E-state index in [-0.39, 0.29) is 23.2 Å². The fourth-order valence-corrected chi connectivity index (χ4v) is 2.94. The average Bonchev–Trinajstić information content (AvgIpc) is 3.15. The van der Waals surface area contributed by atoms with Crippen molar-refractivity contribution in [3.8, 4) is 5.69 Å². The van der Waals surface area contributed by atoms with Gasteiger partial charge in [-0.25, -0.2) is 4.39 Å². The molecule has 0 aliphatic carbocycles. The fraction of sp³-hybridized carbons (Fsp3) is 0.389. The summed E-state index contributed by atoms with van der Waals surface area (Å²) in [5, 5.41) is 6.97. The quantitative estimate of drug-likeness (QED) is 0.894. The summed E-state index contributed by atoms with van der Waals surface area (Å²) in [5.41, 5.74) is 0.178. The first kappa shape index (κ1) is 17.3. The third-order valence-corrected chi connectivity index (χ3v) is 4.43. The molecule has 0 radical (unpaired) electrons. The Labute approximate surface area is 145 Å². The summed E-state index contributed by atoms with van der Waals surface area (Å²) in [6.07, 6.45) is 2.39. The Kier molecular flexibility index (Phi) is 5.23. The van der Waals surface area contributed by atoms with Gasteiger partial charge in [0.2, 0.25) is 0 Å². The SMILES string of the molecule is C[C@H](CNC(=O)c1ccc(=O)n(-c2ccc(F)cc2)n1)N1CCCC1. The Bertz CT molecular complexity index is 797. The van der Waals surface area contributed by atoms with Crippen molar-refractivity contribution < 1.29 is 9.18 Å². The van der Waals surface area contributed by atoms with E-state index in [0.717, 1.165) is 17.8 Å². The number of nitrogens with one attached hydrogen (secondary N) is 1. The summed E-state index contributed by atoms with van der Waals surface area (Å²) >= 11 is 0. The van der Waals surface area contributed by atoms with Crippen LogP contribution in [0, 0.1) is 5.82 Å². The zero-order valence-corrected chi connectivity index (χ0v) is 14.1. The van der Waals surface area contributed by atoms with Crippen LogP contribution in [0.1, 0.15) is 30.3 Å². The number of likely N-dealkylation sites (tertiary alicyclic amines) is 1. The predicted octanol–water partition coefficient (Wildman–Crippen LogP) is 1.59. The van der Waals surface area contributed by atoms with E-state index < -0.39 is 5.82 Å². The van der Waals surface area contributed by atoms with Gasteiger partial charge >= 0.3 is 0 Å². The van der Waals surface area contributed by atoms with E-state index >= 15 is 0 Å². The van der Waals surface area contributed by atoms with Gasteiger partial charge in [-0.1, -0.05) is 0 Å². The van der Waals surface area contributed by atoms with Gasteiger partial charge in [-0.3, -0.25) is 14.5 Å². The first-order valence-electron chi connectivity index (χ1n) is 8.43. The van der Waals surface area contributed by atoms with E-state index in [0.29, 0.717) is 12.2 Å². The van der Waals surface area contributed by atoms with Gasteiger partial charge in [0.1, 0.15) is 11.5 Å². The molecule has 1 amide bonds. The van der Waals surface area contributed by atoms with Gasteiger partial charge in [-0.2, -0.15) is 9.78 Å². The fourth-order valence-electron chi connectivity index (χ4n) is 2.94. The second-order valence-corrected chi connectivity index (χ2v) is 6.25. The molecule has 132 valence electrons. The smallest absolute Gasteiger partial charge is 0.271 e. The number of rotatable bonds is 5. The predicted molar refractivity (Wildman–Crippen MR) is 92.4 cm³/mol. The average molecular weight is 344 g/mol. The molecule has 1 aromatic heterocycles. The van der Waals surface area contributed by atoms with Crippen LogP contribution in [0.15, 0.2) is 41.2 Å². The van der Waals surface area contributed by atoms with Crippen LogP contribution >= 0.6 is 0 Å². The number of carbonyl (C=O) groups excluding carboxylic acids is 1. The lowest BCUT2D eigenvalue weighted by Gasteiger charge is -2.23. The number of benzene rings is 1. The van der Waals surface area contributed by atoms with Crippen molar-refractivity contribution >= 4 is 5.91 Å². The molecule has 1 atom stereocenters. The van der Waals surface area contributed by atoms with Crippen molar-refractivity contribution in [1.82, 2.24) is 20.0 Å². The van der Waals surface area contributed by atoms with Gasteiger partial charge in [0.05, 0.1) is 5.69 Å². The molecule has 2 aromatic rings. The molecule has 25 heavy (non-hydrogen) atoms. The maximum absolute atomic E-state index is 13.0. The largest absolute Gasteiger partial charge is 0.349 e. The second-order valence-electron chi connectivity index (χ2n) is 6.25. The van der Waals surface area contributed by atoms with Gasteiger partial charge < -0.3 is 5.32 Å². The van der Waals surface area contributed by atoms with Crippen LogP contribution < -0.4 is 10.9 Å². The van der Waals surface area contributed by atoms with Crippen LogP contribution in [0.5, 0.6) is 0 Å². The minimum Gasteiger partial charge on any atom is -0.349 e. The molecule has 1 fully saturated rings. The molecule has 1 aliphatic heterocycles. The van der Waals surface area contributed by atoms with Crippen molar-refractivity contribution in [3.05, 3.63) is 58.3 Å². The standard InChI is InChI=1S/C18H21FN4O2/c1-13(22-10-2-3-11-22)12-20-18(25)16-8-9-17(24)23(21-16)15-6-4-14(19)5-7-15/h4-9,13H,2-3,10-12H2,1H3,(H,20,25)/t13-/m1/s1. The summed E-state index contributed by atoms with van der Waals surface area (Å²) < 4.78 is 14.1. The van der Waals surface area contributed by atoms with E-state index in [9.17, 15) is 14.0 Å². The highest BCUT2D eigenvalue weighted by atomic mass is 19.1. The summed E-state index contributed by atoms with van der Waals surface area (Å²) in [4.78, 5) is 26.7. The van der Waals surface area contributed by atoms with E-state index in [1.54, 1.807) is 0 Å². The Balaban J connectivity index is 1.71. The van der Waals surface area contributed by atoms with Crippen LogP contribution in [0.3, 0.4) is 0 Å². The maximum atomic E-state index is 13.0. The number of aromatic nitrogens is 2. The molecular formula is C18H21FN4O2. The highest BCUT2D eigenvalue weighted by molar-refractivity contribution is 5.92. The summed E-state index contributed by atoms with van der Waals surface area (Å²) in [5.74, 6) is -0.733. The Morgan fingerprint density at radius 1 is 1.20 bits per heavy atom. The molecule has 3 rings (SSSR count). The minimum atomic E-state index is -0.401. The zero-order valence-electron chi connectivity index (χ0n) is 14.1. The molecule has 7 heteroatoms. The van der Waals surface area contributed by atoms with Gasteiger partial charge in [-0.05, 0) is 63.2 Å². The number of hydrogen-bond acceptors (Lipinski definition) is 4. The van der Waals surface area contributed by atoms with Crippen molar-refractivity contribution in [2.75, 3.05) is 19.6 Å². The van der Waals surface area contributed by atoms with Crippen LogP contribution in [0.2, 0.25) is 0 Å². The summed E-state index contributed by atoms with van der Waals surface area (Å²) in [6.45, 7) is 4.73. The Morgan fingerprint density at radius 3 is 2.56 bits per heavy atom. The molecule has 0 unspecified atom stereocenters. The van der Waals surface area contributed by atoms with Crippen LogP contribution in [0.4, 0.5) is 4.39 Å². The lowest BCUT2D eigenvalue weighted by molar-refractivity contribution is 0.0933.